The van der Waals surface area contributed by atoms with E-state index in [4.69, 9.17) is 16.3 Å². The Kier molecular flexibility index (Phi) is 12.9. The molecule has 2 atom stereocenters. The fourth-order valence-electron chi connectivity index (χ4n) is 9.89. The first kappa shape index (κ1) is 48.1. The molecule has 2 N–H and O–H groups in total. The number of carbonyl (C=O) groups excluding carboxylic acids is 5. The molecule has 17 nitrogen and oxygen atoms in total. The van der Waals surface area contributed by atoms with E-state index in [1.807, 2.05) is 24.0 Å². The van der Waals surface area contributed by atoms with Crippen molar-refractivity contribution in [3.05, 3.63) is 81.2 Å². The summed E-state index contributed by atoms with van der Waals surface area (Å²) in [5, 5.41) is 9.96. The van der Waals surface area contributed by atoms with Gasteiger partial charge in [-0.3, -0.25) is 14.7 Å². The van der Waals surface area contributed by atoms with Crippen LogP contribution in [0.15, 0.2) is 54.1 Å². The molecule has 5 aromatic rings. The van der Waals surface area contributed by atoms with Crippen LogP contribution < -0.4 is 35.9 Å². The number of halogens is 7. The van der Waals surface area contributed by atoms with Crippen molar-refractivity contribution in [2.45, 2.75) is 56.4 Å². The number of likely N-dealkylation sites (tertiary alicyclic amines) is 1. The molecule has 366 valence electrons. The summed E-state index contributed by atoms with van der Waals surface area (Å²) in [6.45, 7) is 5.56. The van der Waals surface area contributed by atoms with E-state index in [0.717, 1.165) is 73.8 Å². The largest absolute Gasteiger partial charge is 0.475 e. The van der Waals surface area contributed by atoms with Gasteiger partial charge in [-0.2, -0.15) is 31.4 Å². The van der Waals surface area contributed by atoms with E-state index in [1.54, 1.807) is 17.9 Å². The van der Waals surface area contributed by atoms with E-state index in [1.165, 1.54) is 10.6 Å². The third-order valence-electron chi connectivity index (χ3n) is 13.6. The van der Waals surface area contributed by atoms with Gasteiger partial charge in [-0.05, 0) is 69.5 Å². The van der Waals surface area contributed by atoms with Gasteiger partial charge in [-0.1, -0.05) is 11.6 Å². The van der Waals surface area contributed by atoms with Crippen LogP contribution in [0.25, 0.3) is 16.4 Å². The summed E-state index contributed by atoms with van der Waals surface area (Å²) in [6, 6.07) is 5.41. The Morgan fingerprint density at radius 1 is 0.886 bits per heavy atom. The SMILES string of the molecule is CC1(C(F)(F)F)CN(C(=O)Nc2cc(C(F)(F)F)cnc2OCCN2CCC(CN3CCN(c4ccc5c(=C=O)n(C6CCC(=C=O)NC6=C=O)c(=C=O)c5c4)CC3)CC2)c2cnc3cc(Cl)nn3c21. The molecule has 4 aromatic heterocycles. The maximum absolute atomic E-state index is 14.7. The predicted octanol–water partition coefficient (Wildman–Crippen LogP) is 3.90. The van der Waals surface area contributed by atoms with Crippen LogP contribution in [0, 0.1) is 5.92 Å². The maximum Gasteiger partial charge on any atom is 0.417 e. The highest BCUT2D eigenvalue weighted by Gasteiger charge is 2.60. The number of carbonyl (C=O) groups is 1. The Labute approximate surface area is 398 Å². The average Bonchev–Trinajstić information content (AvgIpc) is 4.00. The van der Waals surface area contributed by atoms with Crippen LogP contribution in [0.3, 0.4) is 0 Å². The third kappa shape index (κ3) is 8.93. The lowest BCUT2D eigenvalue weighted by atomic mass is 9.88. The topological polar surface area (TPSA) is 180 Å². The molecule has 4 aliphatic heterocycles. The molecule has 3 fully saturated rings. The molecule has 8 heterocycles. The first-order valence-electron chi connectivity index (χ1n) is 22.2. The number of piperazine rings is 1. The Bertz CT molecular complexity index is 3180. The number of fused-ring (bicyclic) bond motifs is 4. The number of ether oxygens (including phenoxy) is 1. The second kappa shape index (κ2) is 18.8. The van der Waals surface area contributed by atoms with Crippen LogP contribution in [0.4, 0.5) is 48.2 Å². The number of rotatable bonds is 9. The molecule has 0 saturated carbocycles. The minimum Gasteiger partial charge on any atom is -0.475 e. The number of piperidine rings is 2. The van der Waals surface area contributed by atoms with Gasteiger partial charge in [0.05, 0.1) is 29.2 Å². The number of pyridine rings is 1. The molecular formula is C46H42ClF6N11O6. The lowest BCUT2D eigenvalue weighted by molar-refractivity contribution is -0.181. The van der Waals surface area contributed by atoms with Gasteiger partial charge in [-0.15, -0.1) is 0 Å². The number of hydrogen-bond donors (Lipinski definition) is 2. The van der Waals surface area contributed by atoms with Crippen molar-refractivity contribution in [3.8, 4) is 5.88 Å². The molecular weight excluding hydrogens is 952 g/mol. The maximum atomic E-state index is 14.7. The van der Waals surface area contributed by atoms with Gasteiger partial charge in [-0.25, -0.2) is 38.5 Å². The lowest BCUT2D eigenvalue weighted by Gasteiger charge is -2.39. The van der Waals surface area contributed by atoms with Crippen molar-refractivity contribution in [3.63, 3.8) is 0 Å². The van der Waals surface area contributed by atoms with Crippen molar-refractivity contribution < 1.29 is 55.1 Å². The van der Waals surface area contributed by atoms with Gasteiger partial charge in [0.2, 0.25) is 5.88 Å². The molecule has 70 heavy (non-hydrogen) atoms. The highest BCUT2D eigenvalue weighted by atomic mass is 35.5. The molecule has 0 aliphatic carbocycles. The number of benzene rings is 1. The van der Waals surface area contributed by atoms with Crippen LogP contribution in [-0.2, 0) is 30.8 Å². The Hall–Kier alpha value is -6.95. The van der Waals surface area contributed by atoms with Crippen molar-refractivity contribution >= 4 is 74.9 Å². The number of aromatic nitrogens is 5. The van der Waals surface area contributed by atoms with Gasteiger partial charge >= 0.3 is 18.4 Å². The van der Waals surface area contributed by atoms with E-state index < -0.39 is 53.3 Å². The van der Waals surface area contributed by atoms with Gasteiger partial charge in [0, 0.05) is 81.0 Å². The molecule has 0 spiro atoms. The summed E-state index contributed by atoms with van der Waals surface area (Å²) in [5.74, 6) is 7.47. The number of urea groups is 1. The number of nitrogens with one attached hydrogen (secondary N) is 2. The number of anilines is 3. The minimum absolute atomic E-state index is 0.00298. The van der Waals surface area contributed by atoms with E-state index in [2.05, 4.69) is 40.4 Å². The molecule has 1 aromatic carbocycles. The molecule has 2 unspecified atom stereocenters. The Balaban J connectivity index is 0.793. The number of alkyl halides is 6. The Morgan fingerprint density at radius 3 is 2.29 bits per heavy atom. The zero-order chi connectivity index (χ0) is 49.7. The number of hydrogen-bond acceptors (Lipinski definition) is 13. The standard InChI is InChI=1S/C46H42ClF6N11O6/c1-44(46(51,52)53)26-62(36-20-54-40-18-39(47)58-64(40)41(36)44)43(69)57-33-16-28(45(48,49)50)19-55-42(33)70-15-14-59-8-6-27(7-9-59)21-60-10-12-61(13-11-60)30-3-4-31-32(17-30)38(25-68)63(37(31)24-67)35-5-2-29(22-65)56-34(35)23-66/h3-4,16-20,27,35,56H,2,5-15,21,26H2,1H3,(H,57,69). The molecule has 9 rings (SSSR count). The first-order chi connectivity index (χ1) is 33.4. The molecule has 3 saturated heterocycles. The van der Waals surface area contributed by atoms with Gasteiger partial charge in [0.1, 0.15) is 51.7 Å². The summed E-state index contributed by atoms with van der Waals surface area (Å²) >= 11 is 5.98. The molecule has 4 aliphatic rings. The van der Waals surface area contributed by atoms with E-state index in [-0.39, 0.29) is 63.9 Å². The summed E-state index contributed by atoms with van der Waals surface area (Å²) in [4.78, 5) is 76.9. The van der Waals surface area contributed by atoms with E-state index in [9.17, 15) is 50.3 Å². The van der Waals surface area contributed by atoms with Crippen LogP contribution in [0.2, 0.25) is 5.15 Å². The predicted molar refractivity (Wildman–Crippen MR) is 241 cm³/mol. The van der Waals surface area contributed by atoms with Crippen LogP contribution in [0.1, 0.15) is 49.9 Å². The first-order valence-corrected chi connectivity index (χ1v) is 22.6. The zero-order valence-electron chi connectivity index (χ0n) is 37.2. The third-order valence-corrected chi connectivity index (χ3v) is 13.8. The van der Waals surface area contributed by atoms with Crippen molar-refractivity contribution in [1.29, 1.82) is 0 Å². The van der Waals surface area contributed by atoms with Gasteiger partial charge in [0.25, 0.3) is 0 Å². The fraction of sp³-hybridized carbons (Fsp3) is 0.435. The number of amides is 2. The number of allylic oxidation sites excluding steroid dienone is 2. The number of nitrogens with zero attached hydrogens (tertiary/aromatic N) is 9. The van der Waals surface area contributed by atoms with Crippen molar-refractivity contribution in [2.75, 3.05) is 80.6 Å². The molecule has 0 bridgehead atoms. The van der Waals surface area contributed by atoms with Crippen LogP contribution >= 0.6 is 11.6 Å². The van der Waals surface area contributed by atoms with Crippen LogP contribution in [-0.4, -0.2) is 135 Å². The lowest BCUT2D eigenvalue weighted by Crippen LogP contribution is -2.49. The fourth-order valence-corrected chi connectivity index (χ4v) is 10.1. The van der Waals surface area contributed by atoms with E-state index in [0.29, 0.717) is 48.6 Å². The second-order valence-electron chi connectivity index (χ2n) is 17.8. The van der Waals surface area contributed by atoms with E-state index >= 15 is 0 Å². The van der Waals surface area contributed by atoms with Gasteiger partial charge in [0.15, 0.2) is 22.7 Å². The van der Waals surface area contributed by atoms with Crippen LogP contribution in [0.5, 0.6) is 5.88 Å². The average molecular weight is 994 g/mol. The molecule has 0 radical (unpaired) electrons. The molecule has 24 heteroatoms. The quantitative estimate of drug-likeness (QED) is 0.161. The highest BCUT2D eigenvalue weighted by molar-refractivity contribution is 6.29. The minimum atomic E-state index is -4.89. The summed E-state index contributed by atoms with van der Waals surface area (Å²) < 4.78 is 93.7. The zero-order valence-corrected chi connectivity index (χ0v) is 38.0. The van der Waals surface area contributed by atoms with Crippen molar-refractivity contribution in [2.24, 2.45) is 5.92 Å². The van der Waals surface area contributed by atoms with Gasteiger partial charge < -0.3 is 24.8 Å². The summed E-state index contributed by atoms with van der Waals surface area (Å²) in [7, 11) is 0. The second-order valence-corrected chi connectivity index (χ2v) is 18.2. The van der Waals surface area contributed by atoms with Crippen molar-refractivity contribution in [1.82, 2.24) is 39.3 Å². The summed E-state index contributed by atoms with van der Waals surface area (Å²) in [5.41, 5.74) is -3.99. The summed E-state index contributed by atoms with van der Waals surface area (Å²) in [6.07, 6.45) is -5.89. The smallest absolute Gasteiger partial charge is 0.417 e. The highest BCUT2D eigenvalue weighted by Crippen LogP contribution is 2.50. The Morgan fingerprint density at radius 2 is 1.61 bits per heavy atom. The molecule has 2 amide bonds. The monoisotopic (exact) mass is 993 g/mol. The normalized spacial score (nSPS) is 20.5.